The van der Waals surface area contributed by atoms with E-state index in [2.05, 4.69) is 11.1 Å². The van der Waals surface area contributed by atoms with Crippen molar-refractivity contribution >= 4 is 29.6 Å². The second-order valence-electron chi connectivity index (χ2n) is 7.32. The molecule has 0 aromatic heterocycles. The van der Waals surface area contributed by atoms with E-state index in [9.17, 15) is 10.1 Å². The minimum absolute atomic E-state index is 0.239. The van der Waals surface area contributed by atoms with Gasteiger partial charge < -0.3 is 25.3 Å². The average Bonchev–Trinajstić information content (AvgIpc) is 2.88. The first-order chi connectivity index (χ1) is 16.5. The molecule has 9 heteroatoms. The van der Waals surface area contributed by atoms with Crippen LogP contribution < -0.4 is 10.5 Å². The predicted octanol–water partition coefficient (Wildman–Crippen LogP) is 3.28. The highest BCUT2D eigenvalue weighted by atomic mass is 35.5. The van der Waals surface area contributed by atoms with Crippen LogP contribution in [-0.4, -0.2) is 55.3 Å². The van der Waals surface area contributed by atoms with Gasteiger partial charge in [-0.15, -0.1) is 0 Å². The van der Waals surface area contributed by atoms with Crippen LogP contribution in [0.25, 0.3) is 0 Å². The summed E-state index contributed by atoms with van der Waals surface area (Å²) in [5, 5.41) is 25.5. The van der Waals surface area contributed by atoms with Crippen molar-refractivity contribution in [2.45, 2.75) is 19.4 Å². The third-order valence-electron chi connectivity index (χ3n) is 5.29. The van der Waals surface area contributed by atoms with E-state index in [0.29, 0.717) is 59.4 Å². The molecule has 0 atom stereocenters. The summed E-state index contributed by atoms with van der Waals surface area (Å²) in [7, 11) is 2.55. The number of amidine groups is 2. The van der Waals surface area contributed by atoms with E-state index in [1.807, 2.05) is 17.0 Å². The van der Waals surface area contributed by atoms with Crippen LogP contribution in [0.15, 0.2) is 53.0 Å². The van der Waals surface area contributed by atoms with E-state index in [-0.39, 0.29) is 5.84 Å². The van der Waals surface area contributed by atoms with E-state index in [0.717, 1.165) is 31.0 Å². The number of hydrogen-bond acceptors (Lipinski definition) is 6. The number of aliphatic hydroxyl groups is 1. The summed E-state index contributed by atoms with van der Waals surface area (Å²) >= 11 is 6.19. The molecule has 3 rings (SSSR count). The molecule has 0 saturated carbocycles. The molecule has 0 bridgehead atoms. The number of aliphatic hydroxyl groups excluding tert-OH is 1. The summed E-state index contributed by atoms with van der Waals surface area (Å²) in [6.07, 6.45) is 4.05. The van der Waals surface area contributed by atoms with Gasteiger partial charge in [0.15, 0.2) is 0 Å². The molecule has 0 unspecified atom stereocenters. The number of aliphatic imine (C=N–C) groups is 1. The van der Waals surface area contributed by atoms with Crippen molar-refractivity contribution < 1.29 is 14.6 Å². The lowest BCUT2D eigenvalue weighted by atomic mass is 10.00. The van der Waals surface area contributed by atoms with Crippen molar-refractivity contribution in [3.63, 3.8) is 0 Å². The summed E-state index contributed by atoms with van der Waals surface area (Å²) < 4.78 is 5.17. The highest BCUT2D eigenvalue weighted by Crippen LogP contribution is 2.25. The van der Waals surface area contributed by atoms with Crippen molar-refractivity contribution in [1.82, 2.24) is 4.90 Å². The summed E-state index contributed by atoms with van der Waals surface area (Å²) in [6.45, 7) is 1.47. The quantitative estimate of drug-likeness (QED) is 0.240. The van der Waals surface area contributed by atoms with Crippen LogP contribution in [0.2, 0.25) is 5.02 Å². The van der Waals surface area contributed by atoms with Gasteiger partial charge >= 0.3 is 0 Å². The number of rotatable bonds is 7. The van der Waals surface area contributed by atoms with Crippen LogP contribution >= 0.6 is 11.6 Å². The van der Waals surface area contributed by atoms with Gasteiger partial charge in [-0.3, -0.25) is 10.4 Å². The topological polar surface area (TPSA) is 136 Å². The number of nitriles is 1. The Balaban J connectivity index is 0.00000199. The Morgan fingerprint density at radius 3 is 2.68 bits per heavy atom. The van der Waals surface area contributed by atoms with Crippen LogP contribution in [0, 0.1) is 16.7 Å². The van der Waals surface area contributed by atoms with Gasteiger partial charge in [-0.2, -0.15) is 5.26 Å². The number of aldehydes is 1. The molecule has 0 saturated heterocycles. The van der Waals surface area contributed by atoms with Gasteiger partial charge in [0.1, 0.15) is 23.7 Å². The third-order valence-corrected chi connectivity index (χ3v) is 5.59. The van der Waals surface area contributed by atoms with Crippen LogP contribution in [0.4, 0.5) is 0 Å². The first-order valence-corrected chi connectivity index (χ1v) is 10.9. The zero-order valence-electron chi connectivity index (χ0n) is 19.2. The molecule has 2 aromatic rings. The highest BCUT2D eigenvalue weighted by Gasteiger charge is 2.20. The second kappa shape index (κ2) is 13.1. The molecule has 4 N–H and O–H groups in total. The molecule has 0 spiro atoms. The molecule has 178 valence electrons. The standard InChI is InChI=1S/C24H24ClN5O2.CH4O/c1-32-22-5-3-18(13-21(22)25)15-29-23(27)20-12-17(14-26)2-4-19(20)24(28)30-9-6-16(7-10-30)8-11-31;1-2/h2-6,11-13,28H,7-10,15H2,1H3,(H2,27,29);2H,1H3. The Morgan fingerprint density at radius 1 is 1.32 bits per heavy atom. The molecule has 1 aliphatic rings. The maximum Gasteiger partial charge on any atom is 0.137 e. The molecule has 0 fully saturated rings. The maximum atomic E-state index is 10.7. The first kappa shape index (κ1) is 26.6. The van der Waals surface area contributed by atoms with Crippen molar-refractivity contribution in [1.29, 1.82) is 10.7 Å². The number of carbonyl (C=O) groups is 1. The molecule has 1 aliphatic heterocycles. The molecule has 0 amide bonds. The van der Waals surface area contributed by atoms with E-state index >= 15 is 0 Å². The normalized spacial score (nSPS) is 13.2. The lowest BCUT2D eigenvalue weighted by Crippen LogP contribution is -2.36. The number of nitrogens with zero attached hydrogens (tertiary/aromatic N) is 3. The van der Waals surface area contributed by atoms with Crippen molar-refractivity contribution in [3.8, 4) is 11.8 Å². The SMILES string of the molecule is CO.COc1ccc(CN=C(N)c2cc(C#N)ccc2C(=N)N2CC=C(CC=O)CC2)cc1Cl. The number of halogens is 1. The first-order valence-electron chi connectivity index (χ1n) is 10.5. The number of hydrogen-bond donors (Lipinski definition) is 3. The smallest absolute Gasteiger partial charge is 0.137 e. The number of carbonyl (C=O) groups excluding carboxylic acids is 1. The fraction of sp³-hybridized carbons (Fsp3) is 0.280. The highest BCUT2D eigenvalue weighted by molar-refractivity contribution is 6.32. The summed E-state index contributed by atoms with van der Waals surface area (Å²) in [5.41, 5.74) is 9.83. The average molecular weight is 482 g/mol. The molecule has 8 nitrogen and oxygen atoms in total. The van der Waals surface area contributed by atoms with Gasteiger partial charge in [0.2, 0.25) is 0 Å². The lowest BCUT2D eigenvalue weighted by Gasteiger charge is -2.29. The molecular formula is C25H28ClN5O3. The Labute approximate surface area is 204 Å². The van der Waals surface area contributed by atoms with Crippen LogP contribution in [0.5, 0.6) is 5.75 Å². The maximum absolute atomic E-state index is 10.7. The molecule has 1 heterocycles. The van der Waals surface area contributed by atoms with E-state index < -0.39 is 0 Å². The zero-order valence-corrected chi connectivity index (χ0v) is 20.0. The number of nitrogens with one attached hydrogen (secondary N) is 1. The van der Waals surface area contributed by atoms with Gasteiger partial charge in [-0.25, -0.2) is 0 Å². The zero-order chi connectivity index (χ0) is 25.1. The largest absolute Gasteiger partial charge is 0.495 e. The number of benzene rings is 2. The molecular weight excluding hydrogens is 454 g/mol. The Morgan fingerprint density at radius 2 is 2.09 bits per heavy atom. The van der Waals surface area contributed by atoms with E-state index in [1.165, 1.54) is 0 Å². The summed E-state index contributed by atoms with van der Waals surface area (Å²) in [4.78, 5) is 17.1. The fourth-order valence-electron chi connectivity index (χ4n) is 3.48. The number of ether oxygens (including phenoxy) is 1. The molecule has 34 heavy (non-hydrogen) atoms. The van der Waals surface area contributed by atoms with Gasteiger partial charge in [-0.05, 0) is 42.3 Å². The van der Waals surface area contributed by atoms with Crippen LogP contribution in [0.3, 0.4) is 0 Å². The fourth-order valence-corrected chi connectivity index (χ4v) is 3.76. The second-order valence-corrected chi connectivity index (χ2v) is 7.73. The Bertz CT molecular complexity index is 1140. The van der Waals surface area contributed by atoms with Gasteiger partial charge in [0, 0.05) is 37.7 Å². The van der Waals surface area contributed by atoms with Crippen molar-refractivity contribution in [2.24, 2.45) is 10.7 Å². The summed E-state index contributed by atoms with van der Waals surface area (Å²) in [6, 6.07) is 12.6. The van der Waals surface area contributed by atoms with E-state index in [1.54, 1.807) is 37.4 Å². The Hall–Kier alpha value is -3.67. The predicted molar refractivity (Wildman–Crippen MR) is 134 cm³/mol. The van der Waals surface area contributed by atoms with Crippen molar-refractivity contribution in [2.75, 3.05) is 27.3 Å². The molecule has 2 aromatic carbocycles. The number of methoxy groups -OCH3 is 1. The molecule has 0 aliphatic carbocycles. The van der Waals surface area contributed by atoms with Crippen LogP contribution in [-0.2, 0) is 11.3 Å². The number of nitrogens with two attached hydrogens (primary N) is 1. The minimum atomic E-state index is 0.239. The van der Waals surface area contributed by atoms with Gasteiger partial charge in [0.05, 0.1) is 30.3 Å². The summed E-state index contributed by atoms with van der Waals surface area (Å²) in [5.74, 6) is 1.12. The van der Waals surface area contributed by atoms with Crippen LogP contribution in [0.1, 0.15) is 35.1 Å². The molecule has 0 radical (unpaired) electrons. The van der Waals surface area contributed by atoms with Crippen molar-refractivity contribution in [3.05, 3.63) is 75.3 Å². The minimum Gasteiger partial charge on any atom is -0.495 e. The van der Waals surface area contributed by atoms with E-state index in [4.69, 9.17) is 32.6 Å². The lowest BCUT2D eigenvalue weighted by molar-refractivity contribution is -0.107. The van der Waals surface area contributed by atoms with Gasteiger partial charge in [0.25, 0.3) is 0 Å². The third kappa shape index (κ3) is 6.67. The van der Waals surface area contributed by atoms with Gasteiger partial charge in [-0.1, -0.05) is 29.3 Å². The monoisotopic (exact) mass is 481 g/mol. The Kier molecular flexibility index (Phi) is 10.3.